The Kier molecular flexibility index (Phi) is 5.79. The molecule has 3 fully saturated rings. The molecule has 2 amide bonds. The van der Waals surface area contributed by atoms with Crippen molar-refractivity contribution in [2.45, 2.75) is 83.5 Å². The van der Waals surface area contributed by atoms with E-state index in [0.717, 1.165) is 49.5 Å². The van der Waals surface area contributed by atoms with Gasteiger partial charge in [-0.25, -0.2) is 0 Å². The van der Waals surface area contributed by atoms with Crippen molar-refractivity contribution in [3.8, 4) is 0 Å². The molecule has 1 aromatic carbocycles. The third-order valence-corrected chi connectivity index (χ3v) is 9.15. The highest BCUT2D eigenvalue weighted by molar-refractivity contribution is 6.01. The van der Waals surface area contributed by atoms with Gasteiger partial charge in [0.25, 0.3) is 5.91 Å². The van der Waals surface area contributed by atoms with E-state index in [9.17, 15) is 9.59 Å². The molecule has 182 valence electrons. The van der Waals surface area contributed by atoms with Gasteiger partial charge in [0.2, 0.25) is 5.91 Å². The molecule has 4 aliphatic heterocycles. The summed E-state index contributed by atoms with van der Waals surface area (Å²) < 4.78 is 0. The molecule has 5 atom stereocenters. The van der Waals surface area contributed by atoms with Crippen LogP contribution >= 0.6 is 0 Å². The van der Waals surface area contributed by atoms with Crippen molar-refractivity contribution in [2.24, 2.45) is 17.8 Å². The maximum absolute atomic E-state index is 14.3. The molecule has 1 aliphatic carbocycles. The molecule has 4 heterocycles. The number of carbonyl (C=O) groups is 2. The smallest absolute Gasteiger partial charge is 0.255 e. The summed E-state index contributed by atoms with van der Waals surface area (Å²) in [6.07, 6.45) is 10.7. The van der Waals surface area contributed by atoms with E-state index in [-0.39, 0.29) is 23.9 Å². The number of likely N-dealkylation sites (tertiary alicyclic amines) is 1. The van der Waals surface area contributed by atoms with Crippen molar-refractivity contribution in [1.29, 1.82) is 0 Å². The van der Waals surface area contributed by atoms with E-state index in [2.05, 4.69) is 29.7 Å². The van der Waals surface area contributed by atoms with E-state index in [0.29, 0.717) is 24.3 Å². The molecule has 3 saturated heterocycles. The normalized spacial score (nSPS) is 31.6. The van der Waals surface area contributed by atoms with Crippen molar-refractivity contribution in [1.82, 2.24) is 14.7 Å². The lowest BCUT2D eigenvalue weighted by Gasteiger charge is -2.55. The molecule has 0 radical (unpaired) electrons. The molecule has 0 spiro atoms. The Morgan fingerprint density at radius 1 is 1.12 bits per heavy atom. The Morgan fingerprint density at radius 3 is 2.79 bits per heavy atom. The SMILES string of the molecule is CC(C)C[C@@H](C(=O)N1CCCC2=C[C@H]3C[C@@H](CN4CCCCC34)C21)N1Cc2ccccc2C1=O. The van der Waals surface area contributed by atoms with E-state index < -0.39 is 0 Å². The minimum absolute atomic E-state index is 0.0277. The second-order valence-electron chi connectivity index (χ2n) is 11.8. The zero-order chi connectivity index (χ0) is 23.4. The first-order valence-electron chi connectivity index (χ1n) is 13.6. The summed E-state index contributed by atoms with van der Waals surface area (Å²) in [6.45, 7) is 8.07. The lowest BCUT2D eigenvalue weighted by molar-refractivity contribution is -0.142. The van der Waals surface area contributed by atoms with Crippen LogP contribution in [0.15, 0.2) is 35.9 Å². The first-order valence-corrected chi connectivity index (χ1v) is 13.6. The van der Waals surface area contributed by atoms with Gasteiger partial charge in [0.05, 0.1) is 6.04 Å². The summed E-state index contributed by atoms with van der Waals surface area (Å²) in [4.78, 5) is 34.5. The van der Waals surface area contributed by atoms with Gasteiger partial charge in [-0.05, 0) is 74.5 Å². The largest absolute Gasteiger partial charge is 0.334 e. The molecule has 34 heavy (non-hydrogen) atoms. The number of fused-ring (bicyclic) bond motifs is 7. The van der Waals surface area contributed by atoms with Crippen molar-refractivity contribution < 1.29 is 9.59 Å². The molecule has 5 aliphatic rings. The standard InChI is InChI=1S/C29H39N3O2/c1-19(2)14-26(32-18-21-8-3-4-10-24(21)28(32)33)29(34)31-13-7-9-20-15-22-16-23(27(20)31)17-30-12-6-5-11-25(22)30/h3-4,8,10,15,19,22-23,25-27H,5-7,9,11-14,16-18H2,1-2H3/t22-,23-,25?,26-,27?/m0/s1. The van der Waals surface area contributed by atoms with Crippen LogP contribution in [0.3, 0.4) is 0 Å². The lowest BCUT2D eigenvalue weighted by Crippen LogP contribution is -2.62. The predicted octanol–water partition coefficient (Wildman–Crippen LogP) is 4.48. The van der Waals surface area contributed by atoms with Gasteiger partial charge in [-0.1, -0.05) is 50.1 Å². The summed E-state index contributed by atoms with van der Waals surface area (Å²) >= 11 is 0. The Bertz CT molecular complexity index is 1000. The molecule has 0 saturated carbocycles. The second-order valence-corrected chi connectivity index (χ2v) is 11.8. The number of carbonyl (C=O) groups excluding carboxylic acids is 2. The summed E-state index contributed by atoms with van der Waals surface area (Å²) in [5.41, 5.74) is 3.34. The highest BCUT2D eigenvalue weighted by atomic mass is 16.2. The zero-order valence-corrected chi connectivity index (χ0v) is 20.8. The fourth-order valence-electron chi connectivity index (χ4n) is 7.75. The molecule has 1 aromatic rings. The van der Waals surface area contributed by atoms with Crippen LogP contribution < -0.4 is 0 Å². The molecule has 5 heteroatoms. The molecule has 2 bridgehead atoms. The van der Waals surface area contributed by atoms with E-state index >= 15 is 0 Å². The van der Waals surface area contributed by atoms with E-state index in [1.165, 1.54) is 37.8 Å². The zero-order valence-electron chi connectivity index (χ0n) is 20.8. The molecule has 2 unspecified atom stereocenters. The molecular weight excluding hydrogens is 422 g/mol. The first-order chi connectivity index (χ1) is 16.5. The Hall–Kier alpha value is -2.14. The van der Waals surface area contributed by atoms with E-state index in [4.69, 9.17) is 0 Å². The van der Waals surface area contributed by atoms with Crippen LogP contribution in [0.5, 0.6) is 0 Å². The van der Waals surface area contributed by atoms with Crippen LogP contribution in [0, 0.1) is 17.8 Å². The number of hydrogen-bond donors (Lipinski definition) is 0. The van der Waals surface area contributed by atoms with Gasteiger partial charge >= 0.3 is 0 Å². The van der Waals surface area contributed by atoms with Crippen LogP contribution in [-0.2, 0) is 11.3 Å². The van der Waals surface area contributed by atoms with Gasteiger partial charge in [0, 0.05) is 31.2 Å². The van der Waals surface area contributed by atoms with E-state index in [1.54, 1.807) is 0 Å². The number of amides is 2. The molecule has 0 N–H and O–H groups in total. The first kappa shape index (κ1) is 22.3. The summed E-state index contributed by atoms with van der Waals surface area (Å²) in [6, 6.07) is 8.44. The van der Waals surface area contributed by atoms with E-state index in [1.807, 2.05) is 29.2 Å². The van der Waals surface area contributed by atoms with Gasteiger partial charge in [0.1, 0.15) is 6.04 Å². The van der Waals surface area contributed by atoms with Gasteiger partial charge in [0.15, 0.2) is 0 Å². The van der Waals surface area contributed by atoms with Crippen molar-refractivity contribution in [3.05, 3.63) is 47.0 Å². The minimum Gasteiger partial charge on any atom is -0.334 e. The molecule has 6 rings (SSSR count). The maximum atomic E-state index is 14.3. The third-order valence-electron chi connectivity index (χ3n) is 9.15. The monoisotopic (exact) mass is 461 g/mol. The topological polar surface area (TPSA) is 43.9 Å². The van der Waals surface area contributed by atoms with Crippen LogP contribution in [0.4, 0.5) is 0 Å². The molecule has 0 aromatic heterocycles. The number of nitrogens with zero attached hydrogens (tertiary/aromatic N) is 3. The number of benzene rings is 1. The van der Waals surface area contributed by atoms with Crippen LogP contribution in [0.2, 0.25) is 0 Å². The quantitative estimate of drug-likeness (QED) is 0.621. The van der Waals surface area contributed by atoms with Gasteiger partial charge in [-0.2, -0.15) is 0 Å². The van der Waals surface area contributed by atoms with Gasteiger partial charge in [-0.15, -0.1) is 0 Å². The Labute approximate surface area is 204 Å². The fourth-order valence-corrected chi connectivity index (χ4v) is 7.75. The predicted molar refractivity (Wildman–Crippen MR) is 133 cm³/mol. The average Bonchev–Trinajstić information content (AvgIpc) is 3.18. The number of piperidine rings is 3. The van der Waals surface area contributed by atoms with Crippen molar-refractivity contribution in [3.63, 3.8) is 0 Å². The Morgan fingerprint density at radius 2 is 1.97 bits per heavy atom. The van der Waals surface area contributed by atoms with Gasteiger partial charge in [-0.3, -0.25) is 14.5 Å². The fraction of sp³-hybridized carbons (Fsp3) is 0.655. The highest BCUT2D eigenvalue weighted by Crippen LogP contribution is 2.45. The lowest BCUT2D eigenvalue weighted by atomic mass is 9.68. The van der Waals surface area contributed by atoms with Gasteiger partial charge < -0.3 is 9.80 Å². The number of hydrogen-bond acceptors (Lipinski definition) is 3. The van der Waals surface area contributed by atoms with Crippen molar-refractivity contribution >= 4 is 11.8 Å². The summed E-state index contributed by atoms with van der Waals surface area (Å²) in [7, 11) is 0. The average molecular weight is 462 g/mol. The summed E-state index contributed by atoms with van der Waals surface area (Å²) in [5, 5.41) is 0. The van der Waals surface area contributed by atoms with Crippen LogP contribution in [0.25, 0.3) is 0 Å². The highest BCUT2D eigenvalue weighted by Gasteiger charge is 2.48. The number of rotatable bonds is 4. The van der Waals surface area contributed by atoms with Crippen LogP contribution in [0.1, 0.15) is 74.7 Å². The van der Waals surface area contributed by atoms with Crippen LogP contribution in [-0.4, -0.2) is 64.3 Å². The molecular formula is C29H39N3O2. The van der Waals surface area contributed by atoms with Crippen molar-refractivity contribution in [2.75, 3.05) is 19.6 Å². The summed E-state index contributed by atoms with van der Waals surface area (Å²) in [5.74, 6) is 1.77. The minimum atomic E-state index is -0.372. The molecule has 5 nitrogen and oxygen atoms in total. The third kappa shape index (κ3) is 3.71. The second kappa shape index (κ2) is 8.82. The maximum Gasteiger partial charge on any atom is 0.255 e. The Balaban J connectivity index is 1.29.